The zero-order chi connectivity index (χ0) is 20.4. The first-order chi connectivity index (χ1) is 14.0. The number of hydrogen-bond donors (Lipinski definition) is 1. The molecule has 0 aliphatic carbocycles. The summed E-state index contributed by atoms with van der Waals surface area (Å²) in [6.45, 7) is 7.26. The Morgan fingerprint density at radius 1 is 1.07 bits per heavy atom. The van der Waals surface area contributed by atoms with Crippen LogP contribution < -0.4 is 5.32 Å². The van der Waals surface area contributed by atoms with Gasteiger partial charge in [-0.25, -0.2) is 0 Å². The molecule has 2 aliphatic rings. The lowest BCUT2D eigenvalue weighted by atomic mass is 9.86. The molecule has 1 saturated heterocycles. The molecule has 4 rings (SSSR count). The molecule has 2 aromatic rings. The van der Waals surface area contributed by atoms with Crippen molar-refractivity contribution in [3.63, 3.8) is 0 Å². The number of aryl methyl sites for hydroxylation is 3. The number of Topliss-reactive ketones (excluding diaryl/α,β-unsaturated/α-hetero) is 1. The Kier molecular flexibility index (Phi) is 7.32. The number of fused-ring (bicyclic) bond motifs is 1. The lowest BCUT2D eigenvalue weighted by Crippen LogP contribution is -2.34. The van der Waals surface area contributed by atoms with Crippen LogP contribution in [0, 0.1) is 13.8 Å². The molecule has 2 aliphatic heterocycles. The van der Waals surface area contributed by atoms with Crippen molar-refractivity contribution in [3.05, 3.63) is 64.2 Å². The highest BCUT2D eigenvalue weighted by Crippen LogP contribution is 2.31. The fourth-order valence-electron chi connectivity index (χ4n) is 4.70. The van der Waals surface area contributed by atoms with Gasteiger partial charge in [-0.3, -0.25) is 9.59 Å². The number of benzene rings is 2. The monoisotopic (exact) mass is 426 g/mol. The highest BCUT2D eigenvalue weighted by Gasteiger charge is 2.22. The Bertz CT molecular complexity index is 933. The van der Waals surface area contributed by atoms with Gasteiger partial charge in [0, 0.05) is 30.6 Å². The number of nitrogens with one attached hydrogen (secondary N) is 1. The summed E-state index contributed by atoms with van der Waals surface area (Å²) in [4.78, 5) is 26.7. The van der Waals surface area contributed by atoms with E-state index in [0.717, 1.165) is 50.1 Å². The summed E-state index contributed by atoms with van der Waals surface area (Å²) in [6, 6.07) is 12.5. The largest absolute Gasteiger partial charge is 0.326 e. The van der Waals surface area contributed by atoms with E-state index in [1.807, 2.05) is 18.2 Å². The van der Waals surface area contributed by atoms with Crippen molar-refractivity contribution >= 4 is 29.8 Å². The SMILES string of the molecule is Cc1ccc(C2CCN(CCC(=O)c3ccc4c(c3)NC(=O)CC4)CC2)c(C)c1.Cl. The van der Waals surface area contributed by atoms with Gasteiger partial charge in [0.05, 0.1) is 0 Å². The number of amides is 1. The van der Waals surface area contributed by atoms with Crippen LogP contribution in [0.3, 0.4) is 0 Å². The van der Waals surface area contributed by atoms with Crippen molar-refractivity contribution in [2.24, 2.45) is 0 Å². The highest BCUT2D eigenvalue weighted by atomic mass is 35.5. The second-order valence-corrected chi connectivity index (χ2v) is 8.57. The summed E-state index contributed by atoms with van der Waals surface area (Å²) in [6.07, 6.45) is 4.12. The maximum Gasteiger partial charge on any atom is 0.224 e. The van der Waals surface area contributed by atoms with Crippen LogP contribution in [0.2, 0.25) is 0 Å². The molecule has 0 radical (unpaired) electrons. The molecule has 160 valence electrons. The topological polar surface area (TPSA) is 49.4 Å². The van der Waals surface area contributed by atoms with Crippen molar-refractivity contribution in [2.75, 3.05) is 25.0 Å². The van der Waals surface area contributed by atoms with E-state index in [1.54, 1.807) is 0 Å². The molecule has 5 heteroatoms. The van der Waals surface area contributed by atoms with Gasteiger partial charge in [0.15, 0.2) is 5.78 Å². The lowest BCUT2D eigenvalue weighted by molar-refractivity contribution is -0.116. The van der Waals surface area contributed by atoms with Gasteiger partial charge >= 0.3 is 0 Å². The normalized spacial score (nSPS) is 17.1. The number of ketones is 1. The summed E-state index contributed by atoms with van der Waals surface area (Å²) in [5, 5.41) is 2.89. The van der Waals surface area contributed by atoms with Gasteiger partial charge in [0.1, 0.15) is 0 Å². The summed E-state index contributed by atoms with van der Waals surface area (Å²) < 4.78 is 0. The minimum Gasteiger partial charge on any atom is -0.326 e. The summed E-state index contributed by atoms with van der Waals surface area (Å²) in [5.41, 5.74) is 6.84. The summed E-state index contributed by atoms with van der Waals surface area (Å²) in [7, 11) is 0. The van der Waals surface area contributed by atoms with E-state index in [0.29, 0.717) is 24.3 Å². The fraction of sp³-hybridized carbons (Fsp3) is 0.440. The number of carbonyl (C=O) groups excluding carboxylic acids is 2. The molecule has 30 heavy (non-hydrogen) atoms. The third kappa shape index (κ3) is 5.11. The molecule has 0 saturated carbocycles. The number of likely N-dealkylation sites (tertiary alicyclic amines) is 1. The number of nitrogens with zero attached hydrogens (tertiary/aromatic N) is 1. The molecule has 0 aromatic heterocycles. The first-order valence-corrected chi connectivity index (χ1v) is 10.7. The first kappa shape index (κ1) is 22.5. The van der Waals surface area contributed by atoms with Crippen LogP contribution in [0.1, 0.15) is 64.2 Å². The number of hydrogen-bond acceptors (Lipinski definition) is 3. The van der Waals surface area contributed by atoms with E-state index >= 15 is 0 Å². The molecule has 2 aromatic carbocycles. The van der Waals surface area contributed by atoms with Gasteiger partial charge in [-0.05, 0) is 74.9 Å². The van der Waals surface area contributed by atoms with E-state index in [4.69, 9.17) is 0 Å². The molecule has 0 atom stereocenters. The van der Waals surface area contributed by atoms with E-state index in [9.17, 15) is 9.59 Å². The van der Waals surface area contributed by atoms with Crippen molar-refractivity contribution in [3.8, 4) is 0 Å². The minimum absolute atomic E-state index is 0. The Balaban J connectivity index is 0.00000256. The zero-order valence-corrected chi connectivity index (χ0v) is 18.7. The van der Waals surface area contributed by atoms with Crippen molar-refractivity contribution in [2.45, 2.75) is 51.9 Å². The van der Waals surface area contributed by atoms with Gasteiger partial charge < -0.3 is 10.2 Å². The standard InChI is InChI=1S/C25H30N2O2.ClH/c1-17-3-7-22(18(2)15-17)19-9-12-27(13-10-19)14-11-24(28)21-5-4-20-6-8-25(29)26-23(20)16-21;/h3-5,7,15-16,19H,6,8-14H2,1-2H3,(H,26,29);1H. The van der Waals surface area contributed by atoms with Gasteiger partial charge in [0.2, 0.25) is 5.91 Å². The Labute approximate surface area is 185 Å². The van der Waals surface area contributed by atoms with Crippen molar-refractivity contribution in [1.29, 1.82) is 0 Å². The number of halogens is 1. The van der Waals surface area contributed by atoms with E-state index in [1.165, 1.54) is 16.7 Å². The molecule has 2 heterocycles. The van der Waals surface area contributed by atoms with E-state index in [2.05, 4.69) is 42.3 Å². The van der Waals surface area contributed by atoms with E-state index < -0.39 is 0 Å². The number of rotatable bonds is 5. The predicted octanol–water partition coefficient (Wildman–Crippen LogP) is 5.06. The molecule has 0 bridgehead atoms. The zero-order valence-electron chi connectivity index (χ0n) is 17.9. The van der Waals surface area contributed by atoms with Crippen LogP contribution in [0.5, 0.6) is 0 Å². The van der Waals surface area contributed by atoms with Crippen molar-refractivity contribution in [1.82, 2.24) is 4.90 Å². The van der Waals surface area contributed by atoms with Crippen LogP contribution in [0.25, 0.3) is 0 Å². The number of anilines is 1. The first-order valence-electron chi connectivity index (χ1n) is 10.7. The molecule has 4 nitrogen and oxygen atoms in total. The molecular formula is C25H31ClN2O2. The third-order valence-electron chi connectivity index (χ3n) is 6.44. The summed E-state index contributed by atoms with van der Waals surface area (Å²) >= 11 is 0. The quantitative estimate of drug-likeness (QED) is 0.679. The maximum atomic E-state index is 12.7. The van der Waals surface area contributed by atoms with Crippen LogP contribution >= 0.6 is 12.4 Å². The van der Waals surface area contributed by atoms with Crippen LogP contribution in [-0.2, 0) is 11.2 Å². The van der Waals surface area contributed by atoms with Gasteiger partial charge in [-0.1, -0.05) is 35.9 Å². The number of piperidine rings is 1. The Hall–Kier alpha value is -2.17. The number of carbonyl (C=O) groups is 2. The van der Waals surface area contributed by atoms with Gasteiger partial charge in [0.25, 0.3) is 0 Å². The minimum atomic E-state index is 0. The van der Waals surface area contributed by atoms with Crippen LogP contribution in [-0.4, -0.2) is 36.2 Å². The molecule has 1 amide bonds. The van der Waals surface area contributed by atoms with Gasteiger partial charge in [-0.15, -0.1) is 12.4 Å². The van der Waals surface area contributed by atoms with Crippen LogP contribution in [0.15, 0.2) is 36.4 Å². The Morgan fingerprint density at radius 2 is 1.83 bits per heavy atom. The molecular weight excluding hydrogens is 396 g/mol. The smallest absolute Gasteiger partial charge is 0.224 e. The molecule has 0 spiro atoms. The lowest BCUT2D eigenvalue weighted by Gasteiger charge is -2.32. The van der Waals surface area contributed by atoms with Gasteiger partial charge in [-0.2, -0.15) is 0 Å². The highest BCUT2D eigenvalue weighted by molar-refractivity contribution is 6.00. The average molecular weight is 427 g/mol. The predicted molar refractivity (Wildman–Crippen MR) is 124 cm³/mol. The maximum absolute atomic E-state index is 12.7. The van der Waals surface area contributed by atoms with Crippen molar-refractivity contribution < 1.29 is 9.59 Å². The summed E-state index contributed by atoms with van der Waals surface area (Å²) in [5.74, 6) is 0.824. The second-order valence-electron chi connectivity index (χ2n) is 8.57. The average Bonchev–Trinajstić information content (AvgIpc) is 2.72. The van der Waals surface area contributed by atoms with Crippen LogP contribution in [0.4, 0.5) is 5.69 Å². The molecule has 1 fully saturated rings. The fourth-order valence-corrected chi connectivity index (χ4v) is 4.70. The molecule has 1 N–H and O–H groups in total. The molecule has 0 unspecified atom stereocenters. The Morgan fingerprint density at radius 3 is 2.57 bits per heavy atom. The van der Waals surface area contributed by atoms with E-state index in [-0.39, 0.29) is 24.1 Å². The second kappa shape index (κ2) is 9.76. The third-order valence-corrected chi connectivity index (χ3v) is 6.44.